The van der Waals surface area contributed by atoms with Crippen LogP contribution in [0.1, 0.15) is 0 Å². The van der Waals surface area contributed by atoms with Crippen LogP contribution >= 0.6 is 0 Å². The zero-order valence-corrected chi connectivity index (χ0v) is 7.44. The molecule has 1 amide bonds. The van der Waals surface area contributed by atoms with Crippen molar-refractivity contribution in [1.29, 1.82) is 0 Å². The highest BCUT2D eigenvalue weighted by atomic mass is 16.5. The largest absolute Gasteiger partial charge is 0.466 e. The van der Waals surface area contributed by atoms with Gasteiger partial charge in [-0.1, -0.05) is 6.08 Å². The molecule has 0 unspecified atom stereocenters. The fourth-order valence-electron chi connectivity index (χ4n) is 0.433. The van der Waals surface area contributed by atoms with E-state index in [1.807, 2.05) is 0 Å². The molecule has 0 spiro atoms. The van der Waals surface area contributed by atoms with E-state index < -0.39 is 12.1 Å². The maximum Gasteiger partial charge on any atom is 0.410 e. The summed E-state index contributed by atoms with van der Waals surface area (Å²) < 4.78 is 8.61. The number of hydrogen-bond acceptors (Lipinski definition) is 4. The molecule has 0 aliphatic carbocycles. The van der Waals surface area contributed by atoms with Crippen LogP contribution in [0, 0.1) is 0 Å². The van der Waals surface area contributed by atoms with Gasteiger partial charge in [0.25, 0.3) is 0 Å². The van der Waals surface area contributed by atoms with Gasteiger partial charge in [-0.05, 0) is 6.08 Å². The van der Waals surface area contributed by atoms with Crippen molar-refractivity contribution in [1.82, 2.24) is 5.32 Å². The van der Waals surface area contributed by atoms with E-state index in [-0.39, 0.29) is 0 Å². The Morgan fingerprint density at radius 1 is 1.15 bits per heavy atom. The first kappa shape index (κ1) is 11.2. The molecule has 0 radical (unpaired) electrons. The molecule has 72 valence electrons. The number of amides is 1. The smallest absolute Gasteiger partial charge is 0.410 e. The molecule has 0 aliphatic heterocycles. The Balaban J connectivity index is 3.69. The number of methoxy groups -OCH3 is 2. The van der Waals surface area contributed by atoms with Gasteiger partial charge in [-0.15, -0.1) is 0 Å². The molecule has 5 nitrogen and oxygen atoms in total. The minimum atomic E-state index is -0.567. The normalized spacial score (nSPS) is 10.3. The van der Waals surface area contributed by atoms with E-state index in [1.54, 1.807) is 0 Å². The van der Waals surface area contributed by atoms with Crippen LogP contribution in [-0.4, -0.2) is 26.3 Å². The number of alkyl carbamates (subject to hydrolysis) is 1. The summed E-state index contributed by atoms with van der Waals surface area (Å²) in [6, 6.07) is 0. The lowest BCUT2D eigenvalue weighted by Gasteiger charge is -1.93. The number of nitrogens with one attached hydrogen (secondary N) is 1. The van der Waals surface area contributed by atoms with Crippen molar-refractivity contribution in [3.05, 3.63) is 24.4 Å². The van der Waals surface area contributed by atoms with Crippen LogP contribution < -0.4 is 5.32 Å². The van der Waals surface area contributed by atoms with E-state index in [1.165, 1.54) is 38.6 Å². The third-order valence-electron chi connectivity index (χ3n) is 1.03. The number of rotatable bonds is 3. The first-order chi connectivity index (χ1) is 6.20. The molecule has 0 aliphatic rings. The molecule has 0 atom stereocenters. The van der Waals surface area contributed by atoms with Crippen LogP contribution in [0.5, 0.6) is 0 Å². The van der Waals surface area contributed by atoms with Crippen molar-refractivity contribution < 1.29 is 19.1 Å². The second kappa shape index (κ2) is 6.90. The Morgan fingerprint density at radius 2 is 1.85 bits per heavy atom. The predicted octanol–water partition coefficient (Wildman–Crippen LogP) is 0.585. The van der Waals surface area contributed by atoms with Gasteiger partial charge in [0.2, 0.25) is 0 Å². The summed E-state index contributed by atoms with van der Waals surface area (Å²) in [6.07, 6.45) is 4.89. The van der Waals surface area contributed by atoms with Gasteiger partial charge in [0, 0.05) is 12.3 Å². The Morgan fingerprint density at radius 3 is 2.38 bits per heavy atom. The maximum absolute atomic E-state index is 10.5. The molecular formula is C8H11NO4. The molecule has 0 fully saturated rings. The Kier molecular flexibility index (Phi) is 5.96. The summed E-state index contributed by atoms with van der Waals surface area (Å²) in [5.74, 6) is -0.456. The summed E-state index contributed by atoms with van der Waals surface area (Å²) in [7, 11) is 2.54. The highest BCUT2D eigenvalue weighted by Crippen LogP contribution is 1.79. The van der Waals surface area contributed by atoms with Crippen molar-refractivity contribution in [2.24, 2.45) is 0 Å². The molecule has 0 heterocycles. The van der Waals surface area contributed by atoms with E-state index in [0.29, 0.717) is 0 Å². The lowest BCUT2D eigenvalue weighted by Crippen LogP contribution is -2.15. The monoisotopic (exact) mass is 185 g/mol. The molecule has 13 heavy (non-hydrogen) atoms. The van der Waals surface area contributed by atoms with Gasteiger partial charge < -0.3 is 9.47 Å². The van der Waals surface area contributed by atoms with Gasteiger partial charge >= 0.3 is 12.1 Å². The zero-order valence-electron chi connectivity index (χ0n) is 7.44. The average Bonchev–Trinajstić information content (AvgIpc) is 2.16. The average molecular weight is 185 g/mol. The Hall–Kier alpha value is -1.78. The van der Waals surface area contributed by atoms with Crippen molar-refractivity contribution in [3.8, 4) is 0 Å². The van der Waals surface area contributed by atoms with Crippen molar-refractivity contribution >= 4 is 12.1 Å². The van der Waals surface area contributed by atoms with Crippen LogP contribution in [0.3, 0.4) is 0 Å². The van der Waals surface area contributed by atoms with Crippen LogP contribution in [0.2, 0.25) is 0 Å². The number of ether oxygens (including phenoxy) is 2. The first-order valence-electron chi connectivity index (χ1n) is 3.46. The van der Waals surface area contributed by atoms with Gasteiger partial charge in [0.15, 0.2) is 0 Å². The highest BCUT2D eigenvalue weighted by molar-refractivity contribution is 5.82. The molecule has 5 heteroatoms. The summed E-state index contributed by atoms with van der Waals surface area (Å²) in [6.45, 7) is 0. The third-order valence-corrected chi connectivity index (χ3v) is 1.03. The van der Waals surface area contributed by atoms with Crippen LogP contribution in [0.15, 0.2) is 24.4 Å². The minimum Gasteiger partial charge on any atom is -0.466 e. The van der Waals surface area contributed by atoms with Crippen molar-refractivity contribution in [3.63, 3.8) is 0 Å². The predicted molar refractivity (Wildman–Crippen MR) is 45.8 cm³/mol. The van der Waals surface area contributed by atoms with E-state index in [9.17, 15) is 9.59 Å². The van der Waals surface area contributed by atoms with E-state index in [2.05, 4.69) is 14.8 Å². The molecular weight excluding hydrogens is 174 g/mol. The second-order valence-corrected chi connectivity index (χ2v) is 1.88. The van der Waals surface area contributed by atoms with Gasteiger partial charge in [0.05, 0.1) is 14.2 Å². The minimum absolute atomic E-state index is 0.456. The number of carbonyl (C=O) groups excluding carboxylic acids is 2. The lowest BCUT2D eigenvalue weighted by molar-refractivity contribution is -0.134. The number of carbonyl (C=O) groups is 2. The molecule has 0 saturated heterocycles. The molecule has 0 aromatic heterocycles. The summed E-state index contributed by atoms with van der Waals surface area (Å²) in [4.78, 5) is 21.0. The third kappa shape index (κ3) is 6.61. The van der Waals surface area contributed by atoms with Gasteiger partial charge in [-0.3, -0.25) is 5.32 Å². The first-order valence-corrected chi connectivity index (χ1v) is 3.46. The number of esters is 1. The van der Waals surface area contributed by atoms with Gasteiger partial charge in [0.1, 0.15) is 0 Å². The summed E-state index contributed by atoms with van der Waals surface area (Å²) in [5.41, 5.74) is 0. The molecule has 0 saturated carbocycles. The van der Waals surface area contributed by atoms with E-state index >= 15 is 0 Å². The summed E-state index contributed by atoms with van der Waals surface area (Å²) >= 11 is 0. The highest BCUT2D eigenvalue weighted by Gasteiger charge is 1.90. The SMILES string of the molecule is COC(=O)/C=C/C=C/NC(=O)OC. The van der Waals surface area contributed by atoms with Gasteiger partial charge in [-0.25, -0.2) is 9.59 Å². The number of allylic oxidation sites excluding steroid dienone is 2. The Bertz CT molecular complexity index is 232. The maximum atomic E-state index is 10.5. The van der Waals surface area contributed by atoms with Crippen LogP contribution in [0.25, 0.3) is 0 Å². The second-order valence-electron chi connectivity index (χ2n) is 1.88. The standard InChI is InChI=1S/C8H11NO4/c1-12-7(10)5-3-4-6-9-8(11)13-2/h3-6H,1-2H3,(H,9,11)/b5-3+,6-4+. The molecule has 0 aromatic rings. The van der Waals surface area contributed by atoms with E-state index in [0.717, 1.165) is 0 Å². The summed E-state index contributed by atoms with van der Waals surface area (Å²) in [5, 5.41) is 2.28. The van der Waals surface area contributed by atoms with Crippen LogP contribution in [0.4, 0.5) is 4.79 Å². The molecule has 0 bridgehead atoms. The molecule has 0 aromatic carbocycles. The fourth-order valence-corrected chi connectivity index (χ4v) is 0.433. The lowest BCUT2D eigenvalue weighted by atomic mass is 10.5. The quantitative estimate of drug-likeness (QED) is 0.397. The molecule has 1 N–H and O–H groups in total. The number of hydrogen-bond donors (Lipinski definition) is 1. The van der Waals surface area contributed by atoms with Crippen molar-refractivity contribution in [2.45, 2.75) is 0 Å². The topological polar surface area (TPSA) is 64.6 Å². The van der Waals surface area contributed by atoms with Crippen LogP contribution in [-0.2, 0) is 14.3 Å². The fraction of sp³-hybridized carbons (Fsp3) is 0.250. The Labute approximate surface area is 76.0 Å². The van der Waals surface area contributed by atoms with Gasteiger partial charge in [-0.2, -0.15) is 0 Å². The zero-order chi connectivity index (χ0) is 10.1. The van der Waals surface area contributed by atoms with Crippen molar-refractivity contribution in [2.75, 3.05) is 14.2 Å². The van der Waals surface area contributed by atoms with E-state index in [4.69, 9.17) is 0 Å². The molecule has 0 rings (SSSR count).